The fourth-order valence-corrected chi connectivity index (χ4v) is 18.7. The molecule has 0 bridgehead atoms. The molecule has 91 heavy (non-hydrogen) atoms. The second kappa shape index (κ2) is 21.3. The summed E-state index contributed by atoms with van der Waals surface area (Å²) in [5.41, 5.74) is 19.6. The zero-order valence-corrected chi connectivity index (χ0v) is 53.5. The van der Waals surface area contributed by atoms with Gasteiger partial charge >= 0.3 is 0 Å². The quantitative estimate of drug-likeness (QED) is 0.132. The lowest BCUT2D eigenvalue weighted by atomic mass is 9.70. The van der Waals surface area contributed by atoms with E-state index in [1.807, 2.05) is 0 Å². The van der Waals surface area contributed by atoms with Gasteiger partial charge in [0.15, 0.2) is 46.0 Å². The summed E-state index contributed by atoms with van der Waals surface area (Å²) in [6, 6.07) is 68.1. The van der Waals surface area contributed by atoms with Crippen molar-refractivity contribution in [3.63, 3.8) is 0 Å². The third kappa shape index (κ3) is 8.45. The molecule has 0 saturated heterocycles. The summed E-state index contributed by atoms with van der Waals surface area (Å²) in [5.74, 6) is 6.74. The lowest BCUT2D eigenvalue weighted by Gasteiger charge is -2.33. The Morgan fingerprint density at radius 1 is 0.264 bits per heavy atom. The van der Waals surface area contributed by atoms with Gasteiger partial charge in [0.25, 0.3) is 0 Å². The highest BCUT2D eigenvalue weighted by Gasteiger charge is 2.52. The van der Waals surface area contributed by atoms with Gasteiger partial charge in [-0.15, -0.1) is 45.3 Å². The SMILES string of the molecule is Cc1sc(-c2ccc(N(c3ccc(-c4sc(C)c5c4OCCO5)cc3)c3ccc4c(c3)C3(c5ccccc5-c5ccccc53)c3cc(N(c5ccc(-c6sc(C)c7c6OCCO7)cc5)c5ccc(-c6sc(C)c7c6OCCO7)cc5)ccc3-4)cc2)c2c1OCCO2. The van der Waals surface area contributed by atoms with Crippen molar-refractivity contribution in [1.82, 2.24) is 0 Å². The number of benzene rings is 8. The largest absolute Gasteiger partial charge is 0.485 e. The average Bonchev–Trinajstić information content (AvgIpc) is 1.51. The molecule has 0 N–H and O–H groups in total. The lowest BCUT2D eigenvalue weighted by Crippen LogP contribution is -2.26. The second-order valence-corrected chi connectivity index (χ2v) is 28.4. The van der Waals surface area contributed by atoms with E-state index in [4.69, 9.17) is 37.9 Å². The Labute approximate surface area is 543 Å². The van der Waals surface area contributed by atoms with Gasteiger partial charge in [0.1, 0.15) is 52.9 Å². The van der Waals surface area contributed by atoms with E-state index in [9.17, 15) is 0 Å². The highest BCUT2D eigenvalue weighted by atomic mass is 32.1. The Morgan fingerprint density at radius 3 is 0.791 bits per heavy atom. The van der Waals surface area contributed by atoms with Crippen molar-refractivity contribution in [3.05, 3.63) is 224 Å². The molecule has 18 rings (SSSR count). The monoisotopic (exact) mass is 1270 g/mol. The fraction of sp³-hybridized carbons (Fsp3) is 0.169. The minimum atomic E-state index is -0.699. The second-order valence-electron chi connectivity index (χ2n) is 23.5. The van der Waals surface area contributed by atoms with Crippen LogP contribution in [-0.2, 0) is 5.41 Å². The molecule has 4 aromatic heterocycles. The van der Waals surface area contributed by atoms with Crippen molar-refractivity contribution in [2.45, 2.75) is 33.1 Å². The maximum absolute atomic E-state index is 6.27. The Morgan fingerprint density at radius 2 is 0.505 bits per heavy atom. The first-order chi connectivity index (χ1) is 44.8. The molecular weight excluding hydrogens is 1210 g/mol. The molecular formula is C77H58N2O8S4. The van der Waals surface area contributed by atoms with Crippen LogP contribution in [0.15, 0.2) is 182 Å². The van der Waals surface area contributed by atoms with Gasteiger partial charge < -0.3 is 47.7 Å². The summed E-state index contributed by atoms with van der Waals surface area (Å²) in [6.07, 6.45) is 0. The molecule has 0 unspecified atom stereocenters. The number of thiophene rings is 4. The molecule has 0 fully saturated rings. The number of fused-ring (bicyclic) bond motifs is 14. The van der Waals surface area contributed by atoms with Crippen molar-refractivity contribution in [3.8, 4) is 110 Å². The summed E-state index contributed by atoms with van der Waals surface area (Å²) < 4.78 is 49.6. The molecule has 0 amide bonds. The molecule has 1 spiro atoms. The minimum Gasteiger partial charge on any atom is -0.485 e. The van der Waals surface area contributed by atoms with Crippen LogP contribution in [0.5, 0.6) is 46.0 Å². The van der Waals surface area contributed by atoms with E-state index in [1.54, 1.807) is 45.3 Å². The molecule has 12 aromatic rings. The first kappa shape index (κ1) is 54.5. The Bertz CT molecular complexity index is 4390. The highest BCUT2D eigenvalue weighted by Crippen LogP contribution is 2.65. The van der Waals surface area contributed by atoms with E-state index in [1.165, 1.54) is 44.5 Å². The van der Waals surface area contributed by atoms with Gasteiger partial charge in [0.05, 0.1) is 24.9 Å². The molecule has 8 aromatic carbocycles. The number of hydrogen-bond donors (Lipinski definition) is 0. The fourth-order valence-electron chi connectivity index (χ4n) is 14.5. The van der Waals surface area contributed by atoms with Crippen LogP contribution < -0.4 is 47.7 Å². The van der Waals surface area contributed by atoms with Gasteiger partial charge in [-0.2, -0.15) is 0 Å². The van der Waals surface area contributed by atoms with Crippen LogP contribution in [0.25, 0.3) is 64.0 Å². The van der Waals surface area contributed by atoms with Gasteiger partial charge in [0, 0.05) is 53.6 Å². The normalized spacial score (nSPS) is 14.8. The molecule has 0 saturated carbocycles. The van der Waals surface area contributed by atoms with E-state index in [0.29, 0.717) is 52.9 Å². The van der Waals surface area contributed by atoms with E-state index >= 15 is 0 Å². The number of anilines is 6. The van der Waals surface area contributed by atoms with Crippen LogP contribution in [0.3, 0.4) is 0 Å². The van der Waals surface area contributed by atoms with Gasteiger partial charge in [-0.25, -0.2) is 0 Å². The standard InChI is InChI=1S/C77H58N2O8S4/c1-43-65-69(84-37-33-80-65)73(88-43)47-13-21-51(22-14-47)78(52-23-15-48(16-24-52)74-70-66(44(2)89-74)81-34-38-85-70)55-29-31-59-60-32-30-56(42-64(60)77(63(59)41-55)61-11-7-5-9-57(61)58-10-6-8-12-62(58)77)79(53-25-17-49(18-26-53)75-71-67(45(3)90-75)82-35-39-86-71)54-27-19-50(20-28-54)76-72-68(46(4)91-76)83-36-40-87-72/h5-32,41-42H,33-40H2,1-4H3. The van der Waals surface area contributed by atoms with Crippen molar-refractivity contribution < 1.29 is 37.9 Å². The molecule has 8 heterocycles. The van der Waals surface area contributed by atoms with Crippen LogP contribution in [-0.4, -0.2) is 52.9 Å². The number of hydrogen-bond acceptors (Lipinski definition) is 14. The summed E-state index contributed by atoms with van der Waals surface area (Å²) in [4.78, 5) is 13.6. The molecule has 6 aliphatic rings. The van der Waals surface area contributed by atoms with E-state index in [2.05, 4.69) is 219 Å². The molecule has 4 aliphatic heterocycles. The molecule has 10 nitrogen and oxygen atoms in total. The molecule has 0 radical (unpaired) electrons. The minimum absolute atomic E-state index is 0.528. The maximum Gasteiger partial charge on any atom is 0.180 e. The van der Waals surface area contributed by atoms with E-state index in [-0.39, 0.29) is 0 Å². The molecule has 14 heteroatoms. The Hall–Kier alpha value is -9.44. The number of nitrogens with zero attached hydrogens (tertiary/aromatic N) is 2. The Balaban J connectivity index is 0.803. The van der Waals surface area contributed by atoms with Gasteiger partial charge in [0.2, 0.25) is 0 Å². The third-order valence-corrected chi connectivity index (χ3v) is 22.8. The average molecular weight is 1270 g/mol. The van der Waals surface area contributed by atoms with Crippen molar-refractivity contribution in [2.24, 2.45) is 0 Å². The number of rotatable bonds is 10. The van der Waals surface area contributed by atoms with Crippen molar-refractivity contribution in [2.75, 3.05) is 62.7 Å². The van der Waals surface area contributed by atoms with Gasteiger partial charge in [-0.05, 0) is 167 Å². The van der Waals surface area contributed by atoms with Crippen molar-refractivity contribution >= 4 is 79.5 Å². The van der Waals surface area contributed by atoms with E-state index in [0.717, 1.165) is 141 Å². The lowest BCUT2D eigenvalue weighted by molar-refractivity contribution is 0.173. The smallest absolute Gasteiger partial charge is 0.180 e. The third-order valence-electron chi connectivity index (χ3n) is 18.4. The number of ether oxygens (including phenoxy) is 8. The van der Waals surface area contributed by atoms with E-state index < -0.39 is 5.41 Å². The summed E-state index contributed by atoms with van der Waals surface area (Å²) in [6.45, 7) is 12.7. The maximum atomic E-state index is 6.27. The summed E-state index contributed by atoms with van der Waals surface area (Å²) >= 11 is 6.87. The van der Waals surface area contributed by atoms with Crippen LogP contribution in [0.4, 0.5) is 34.1 Å². The van der Waals surface area contributed by atoms with Gasteiger partial charge in [-0.3, -0.25) is 0 Å². The molecule has 0 atom stereocenters. The summed E-state index contributed by atoms with van der Waals surface area (Å²) in [7, 11) is 0. The summed E-state index contributed by atoms with van der Waals surface area (Å²) in [5, 5.41) is 0. The van der Waals surface area contributed by atoms with Crippen LogP contribution in [0, 0.1) is 27.7 Å². The predicted octanol–water partition coefficient (Wildman–Crippen LogP) is 20.2. The molecule has 448 valence electrons. The predicted molar refractivity (Wildman–Crippen MR) is 368 cm³/mol. The zero-order chi connectivity index (χ0) is 60.6. The highest BCUT2D eigenvalue weighted by molar-refractivity contribution is 7.17. The first-order valence-electron chi connectivity index (χ1n) is 30.8. The van der Waals surface area contributed by atoms with Crippen LogP contribution >= 0.6 is 45.3 Å². The first-order valence-corrected chi connectivity index (χ1v) is 34.1. The van der Waals surface area contributed by atoms with Crippen LogP contribution in [0.1, 0.15) is 41.8 Å². The van der Waals surface area contributed by atoms with Crippen LogP contribution in [0.2, 0.25) is 0 Å². The van der Waals surface area contributed by atoms with Crippen molar-refractivity contribution in [1.29, 1.82) is 0 Å². The molecule has 2 aliphatic carbocycles. The zero-order valence-electron chi connectivity index (χ0n) is 50.3. The Kier molecular flexibility index (Phi) is 12.8. The topological polar surface area (TPSA) is 80.3 Å². The van der Waals surface area contributed by atoms with Gasteiger partial charge in [-0.1, -0.05) is 109 Å². The number of aryl methyl sites for hydroxylation is 4.